The molecule has 2 N–H and O–H groups in total. The van der Waals surface area contributed by atoms with Gasteiger partial charge in [0, 0.05) is 30.5 Å². The maximum absolute atomic E-state index is 11.6. The number of carbonyl (C=O) groups is 2. The summed E-state index contributed by atoms with van der Waals surface area (Å²) in [6, 6.07) is 9.33. The average molecular weight is 242 g/mol. The number of hydrogen-bond acceptors (Lipinski definition) is 2. The van der Waals surface area contributed by atoms with Gasteiger partial charge >= 0.3 is 0 Å². The molecule has 0 bridgehead atoms. The summed E-state index contributed by atoms with van der Waals surface area (Å²) in [7, 11) is 0. The standard InChI is InChI=1S/C14H14N2O2/c17-13-9-7-12(10-15-13)16-14(18)8-6-11-4-2-1-3-5-11/h1-5,12H,7,9-10H2,(H,15,17)(H,16,18). The second-order valence-corrected chi connectivity index (χ2v) is 4.13. The highest BCUT2D eigenvalue weighted by Crippen LogP contribution is 2.02. The Morgan fingerprint density at radius 2 is 2.11 bits per heavy atom. The summed E-state index contributed by atoms with van der Waals surface area (Å²) in [4.78, 5) is 22.5. The molecule has 4 heteroatoms. The minimum Gasteiger partial charge on any atom is -0.354 e. The fourth-order valence-corrected chi connectivity index (χ4v) is 1.73. The molecule has 2 rings (SSSR count). The molecule has 1 unspecified atom stereocenters. The summed E-state index contributed by atoms with van der Waals surface area (Å²) in [5.41, 5.74) is 0.810. The molecule has 1 heterocycles. The van der Waals surface area contributed by atoms with Crippen molar-refractivity contribution in [3.8, 4) is 11.8 Å². The topological polar surface area (TPSA) is 58.2 Å². The van der Waals surface area contributed by atoms with E-state index in [2.05, 4.69) is 22.5 Å². The predicted molar refractivity (Wildman–Crippen MR) is 67.5 cm³/mol. The van der Waals surface area contributed by atoms with Crippen molar-refractivity contribution in [3.63, 3.8) is 0 Å². The summed E-state index contributed by atoms with van der Waals surface area (Å²) in [5, 5.41) is 5.49. The van der Waals surface area contributed by atoms with Gasteiger partial charge in [0.2, 0.25) is 5.91 Å². The van der Waals surface area contributed by atoms with Crippen LogP contribution in [0.3, 0.4) is 0 Å². The zero-order valence-corrected chi connectivity index (χ0v) is 9.90. The molecule has 0 spiro atoms. The molecule has 1 fully saturated rings. The molecule has 0 aromatic heterocycles. The van der Waals surface area contributed by atoms with Gasteiger partial charge in [0.15, 0.2) is 0 Å². The first-order valence-electron chi connectivity index (χ1n) is 5.88. The molecule has 1 aliphatic heterocycles. The Balaban J connectivity index is 1.86. The number of amides is 2. The first kappa shape index (κ1) is 12.2. The first-order valence-corrected chi connectivity index (χ1v) is 5.88. The number of carbonyl (C=O) groups excluding carboxylic acids is 2. The number of nitrogens with one attached hydrogen (secondary N) is 2. The molecular formula is C14H14N2O2. The van der Waals surface area contributed by atoms with Gasteiger partial charge in [-0.05, 0) is 18.6 Å². The van der Waals surface area contributed by atoms with Gasteiger partial charge < -0.3 is 10.6 Å². The minimum absolute atomic E-state index is 0.0136. The number of piperidine rings is 1. The van der Waals surface area contributed by atoms with E-state index in [0.717, 1.165) is 5.56 Å². The van der Waals surface area contributed by atoms with E-state index in [4.69, 9.17) is 0 Å². The lowest BCUT2D eigenvalue weighted by Crippen LogP contribution is -2.47. The lowest BCUT2D eigenvalue weighted by Gasteiger charge is -2.22. The highest BCUT2D eigenvalue weighted by Gasteiger charge is 2.18. The van der Waals surface area contributed by atoms with Crippen molar-refractivity contribution in [2.24, 2.45) is 0 Å². The maximum Gasteiger partial charge on any atom is 0.296 e. The van der Waals surface area contributed by atoms with Gasteiger partial charge in [-0.2, -0.15) is 0 Å². The summed E-state index contributed by atoms with van der Waals surface area (Å²) < 4.78 is 0. The van der Waals surface area contributed by atoms with Gasteiger partial charge in [-0.1, -0.05) is 24.1 Å². The van der Waals surface area contributed by atoms with Crippen LogP contribution in [0.4, 0.5) is 0 Å². The SMILES string of the molecule is O=C(C#Cc1ccccc1)NC1CCC(=O)NC1. The van der Waals surface area contributed by atoms with Crippen LogP contribution in [0.1, 0.15) is 18.4 Å². The van der Waals surface area contributed by atoms with E-state index >= 15 is 0 Å². The van der Waals surface area contributed by atoms with Crippen LogP contribution in [0.5, 0.6) is 0 Å². The Morgan fingerprint density at radius 3 is 2.78 bits per heavy atom. The van der Waals surface area contributed by atoms with Crippen molar-refractivity contribution in [2.45, 2.75) is 18.9 Å². The van der Waals surface area contributed by atoms with Gasteiger partial charge in [0.25, 0.3) is 5.91 Å². The van der Waals surface area contributed by atoms with Crippen LogP contribution in [-0.4, -0.2) is 24.4 Å². The smallest absolute Gasteiger partial charge is 0.296 e. The molecule has 0 radical (unpaired) electrons. The third kappa shape index (κ3) is 3.63. The quantitative estimate of drug-likeness (QED) is 0.702. The molecule has 1 aliphatic rings. The van der Waals surface area contributed by atoms with E-state index in [1.54, 1.807) is 0 Å². The van der Waals surface area contributed by atoms with Crippen molar-refractivity contribution < 1.29 is 9.59 Å². The highest BCUT2D eigenvalue weighted by atomic mass is 16.2. The normalized spacial score (nSPS) is 18.2. The zero-order chi connectivity index (χ0) is 12.8. The van der Waals surface area contributed by atoms with E-state index < -0.39 is 0 Å². The third-order valence-corrected chi connectivity index (χ3v) is 2.69. The lowest BCUT2D eigenvalue weighted by atomic mass is 10.1. The molecule has 1 aromatic carbocycles. The maximum atomic E-state index is 11.6. The molecule has 2 amide bonds. The summed E-state index contributed by atoms with van der Waals surface area (Å²) in [6.07, 6.45) is 1.13. The fraction of sp³-hybridized carbons (Fsp3) is 0.286. The highest BCUT2D eigenvalue weighted by molar-refractivity contribution is 5.94. The van der Waals surface area contributed by atoms with E-state index in [0.29, 0.717) is 19.4 Å². The zero-order valence-electron chi connectivity index (χ0n) is 9.90. The molecule has 1 saturated heterocycles. The van der Waals surface area contributed by atoms with Gasteiger partial charge in [-0.25, -0.2) is 0 Å². The summed E-state index contributed by atoms with van der Waals surface area (Å²) in [5.74, 6) is 5.07. The molecule has 0 aliphatic carbocycles. The van der Waals surface area contributed by atoms with Gasteiger partial charge in [0.1, 0.15) is 0 Å². The Morgan fingerprint density at radius 1 is 1.33 bits per heavy atom. The summed E-state index contributed by atoms with van der Waals surface area (Å²) in [6.45, 7) is 0.484. The Hall–Kier alpha value is -2.28. The van der Waals surface area contributed by atoms with E-state index in [9.17, 15) is 9.59 Å². The predicted octanol–water partition coefficient (Wildman–Crippen LogP) is 0.433. The van der Waals surface area contributed by atoms with Crippen molar-refractivity contribution in [3.05, 3.63) is 35.9 Å². The van der Waals surface area contributed by atoms with Crippen molar-refractivity contribution in [1.29, 1.82) is 0 Å². The fourth-order valence-electron chi connectivity index (χ4n) is 1.73. The number of benzene rings is 1. The second kappa shape index (κ2) is 5.87. The van der Waals surface area contributed by atoms with Crippen molar-refractivity contribution >= 4 is 11.8 Å². The Labute approximate surface area is 106 Å². The van der Waals surface area contributed by atoms with Crippen LogP contribution >= 0.6 is 0 Å². The van der Waals surface area contributed by atoms with E-state index in [-0.39, 0.29) is 17.9 Å². The molecule has 92 valence electrons. The largest absolute Gasteiger partial charge is 0.354 e. The molecule has 4 nitrogen and oxygen atoms in total. The third-order valence-electron chi connectivity index (χ3n) is 2.69. The molecule has 1 aromatic rings. The van der Waals surface area contributed by atoms with Gasteiger partial charge in [-0.15, -0.1) is 0 Å². The number of hydrogen-bond donors (Lipinski definition) is 2. The first-order chi connectivity index (χ1) is 8.74. The van der Waals surface area contributed by atoms with Crippen molar-refractivity contribution in [1.82, 2.24) is 10.6 Å². The van der Waals surface area contributed by atoms with Gasteiger partial charge in [-0.3, -0.25) is 9.59 Å². The van der Waals surface area contributed by atoms with Crippen LogP contribution in [0.2, 0.25) is 0 Å². The average Bonchev–Trinajstić information content (AvgIpc) is 2.40. The lowest BCUT2D eigenvalue weighted by molar-refractivity contribution is -0.124. The van der Waals surface area contributed by atoms with Crippen LogP contribution in [0, 0.1) is 11.8 Å². The van der Waals surface area contributed by atoms with Crippen LogP contribution in [0.15, 0.2) is 30.3 Å². The number of rotatable bonds is 1. The van der Waals surface area contributed by atoms with E-state index in [1.165, 1.54) is 0 Å². The molecule has 1 atom stereocenters. The van der Waals surface area contributed by atoms with Crippen LogP contribution in [-0.2, 0) is 9.59 Å². The molecular weight excluding hydrogens is 228 g/mol. The summed E-state index contributed by atoms with van der Waals surface area (Å²) >= 11 is 0. The monoisotopic (exact) mass is 242 g/mol. The minimum atomic E-state index is -0.306. The second-order valence-electron chi connectivity index (χ2n) is 4.13. The van der Waals surface area contributed by atoms with Crippen molar-refractivity contribution in [2.75, 3.05) is 6.54 Å². The molecule has 18 heavy (non-hydrogen) atoms. The van der Waals surface area contributed by atoms with E-state index in [1.807, 2.05) is 30.3 Å². The molecule has 0 saturated carbocycles. The van der Waals surface area contributed by atoms with Gasteiger partial charge in [0.05, 0.1) is 0 Å². The Bertz CT molecular complexity index is 490. The Kier molecular flexibility index (Phi) is 3.98. The van der Waals surface area contributed by atoms with Crippen LogP contribution in [0.25, 0.3) is 0 Å². The van der Waals surface area contributed by atoms with Crippen LogP contribution < -0.4 is 10.6 Å².